The lowest BCUT2D eigenvalue weighted by Gasteiger charge is -2.14. The second kappa shape index (κ2) is 6.55. The summed E-state index contributed by atoms with van der Waals surface area (Å²) >= 11 is 0. The minimum Gasteiger partial charge on any atom is -0.390 e. The van der Waals surface area contributed by atoms with Crippen LogP contribution < -0.4 is 5.32 Å². The van der Waals surface area contributed by atoms with Crippen molar-refractivity contribution in [2.75, 3.05) is 20.2 Å². The van der Waals surface area contributed by atoms with E-state index >= 15 is 0 Å². The molecule has 0 aromatic carbocycles. The molecule has 0 aliphatic heterocycles. The van der Waals surface area contributed by atoms with E-state index in [4.69, 9.17) is 4.74 Å². The summed E-state index contributed by atoms with van der Waals surface area (Å²) in [5, 5.41) is 16.8. The Kier molecular flexibility index (Phi) is 5.31. The number of nitrogens with one attached hydrogen (secondary N) is 1. The Hall–Kier alpha value is -0.910. The van der Waals surface area contributed by atoms with Crippen molar-refractivity contribution in [3.8, 4) is 0 Å². The number of hydrogen-bond donors (Lipinski definition) is 2. The van der Waals surface area contributed by atoms with E-state index in [2.05, 4.69) is 10.4 Å². The van der Waals surface area contributed by atoms with Crippen molar-refractivity contribution in [1.29, 1.82) is 0 Å². The van der Waals surface area contributed by atoms with E-state index in [-0.39, 0.29) is 6.10 Å². The van der Waals surface area contributed by atoms with Crippen LogP contribution in [0.15, 0.2) is 18.5 Å². The van der Waals surface area contributed by atoms with Crippen LogP contribution in [0, 0.1) is 0 Å². The number of hydrogen-bond acceptors (Lipinski definition) is 4. The number of aromatic nitrogens is 2. The highest BCUT2D eigenvalue weighted by Gasteiger charge is 2.05. The topological polar surface area (TPSA) is 59.3 Å². The van der Waals surface area contributed by atoms with Gasteiger partial charge in [0.05, 0.1) is 18.8 Å². The fourth-order valence-corrected chi connectivity index (χ4v) is 1.23. The van der Waals surface area contributed by atoms with Crippen LogP contribution in [-0.2, 0) is 11.3 Å². The molecule has 0 spiro atoms. The average molecular weight is 213 g/mol. The standard InChI is InChI=1S/C10H19N3O2/c1-9(15-2)6-11-7-10(14)8-13-5-3-4-12-13/h3-5,9-11,14H,6-8H2,1-2H3. The summed E-state index contributed by atoms with van der Waals surface area (Å²) < 4.78 is 6.79. The molecule has 5 heteroatoms. The maximum absolute atomic E-state index is 9.64. The molecule has 0 saturated heterocycles. The van der Waals surface area contributed by atoms with Gasteiger partial charge in [0.2, 0.25) is 0 Å². The molecule has 1 rings (SSSR count). The second-order valence-corrected chi connectivity index (χ2v) is 3.59. The number of nitrogens with zero attached hydrogens (tertiary/aromatic N) is 2. The zero-order valence-electron chi connectivity index (χ0n) is 9.26. The molecule has 0 saturated carbocycles. The molecular formula is C10H19N3O2. The normalized spacial score (nSPS) is 15.1. The van der Waals surface area contributed by atoms with Crippen molar-refractivity contribution in [2.24, 2.45) is 0 Å². The summed E-state index contributed by atoms with van der Waals surface area (Å²) in [7, 11) is 1.67. The minimum absolute atomic E-state index is 0.168. The predicted octanol–water partition coefficient (Wildman–Crippen LogP) is -0.132. The van der Waals surface area contributed by atoms with Crippen molar-refractivity contribution < 1.29 is 9.84 Å². The van der Waals surface area contributed by atoms with E-state index in [1.807, 2.05) is 19.2 Å². The Morgan fingerprint density at radius 3 is 2.93 bits per heavy atom. The van der Waals surface area contributed by atoms with Gasteiger partial charge >= 0.3 is 0 Å². The van der Waals surface area contributed by atoms with Gasteiger partial charge in [-0.05, 0) is 13.0 Å². The van der Waals surface area contributed by atoms with E-state index in [1.54, 1.807) is 18.0 Å². The molecule has 0 fully saturated rings. The van der Waals surface area contributed by atoms with Gasteiger partial charge in [0.15, 0.2) is 0 Å². The van der Waals surface area contributed by atoms with Gasteiger partial charge in [0.25, 0.3) is 0 Å². The van der Waals surface area contributed by atoms with Crippen LogP contribution in [0.5, 0.6) is 0 Å². The molecule has 86 valence electrons. The number of rotatable bonds is 7. The molecule has 0 amide bonds. The Morgan fingerprint density at radius 2 is 2.33 bits per heavy atom. The molecule has 1 aromatic rings. The molecular weight excluding hydrogens is 194 g/mol. The quantitative estimate of drug-likeness (QED) is 0.662. The first-order valence-electron chi connectivity index (χ1n) is 5.11. The van der Waals surface area contributed by atoms with Gasteiger partial charge in [0, 0.05) is 32.6 Å². The maximum Gasteiger partial charge on any atom is 0.0860 e. The summed E-state index contributed by atoms with van der Waals surface area (Å²) in [6, 6.07) is 1.84. The van der Waals surface area contributed by atoms with E-state index < -0.39 is 6.10 Å². The Morgan fingerprint density at radius 1 is 1.53 bits per heavy atom. The van der Waals surface area contributed by atoms with Gasteiger partial charge < -0.3 is 15.2 Å². The van der Waals surface area contributed by atoms with Crippen molar-refractivity contribution in [3.05, 3.63) is 18.5 Å². The van der Waals surface area contributed by atoms with E-state index in [0.29, 0.717) is 13.1 Å². The molecule has 1 aromatic heterocycles. The van der Waals surface area contributed by atoms with Gasteiger partial charge in [-0.15, -0.1) is 0 Å². The lowest BCUT2D eigenvalue weighted by atomic mass is 10.3. The van der Waals surface area contributed by atoms with Gasteiger partial charge in [0.1, 0.15) is 0 Å². The molecule has 2 unspecified atom stereocenters. The smallest absolute Gasteiger partial charge is 0.0860 e. The van der Waals surface area contributed by atoms with E-state index in [1.165, 1.54) is 0 Å². The number of aliphatic hydroxyl groups is 1. The van der Waals surface area contributed by atoms with E-state index in [9.17, 15) is 5.11 Å². The number of aliphatic hydroxyl groups excluding tert-OH is 1. The molecule has 0 bridgehead atoms. The van der Waals surface area contributed by atoms with Gasteiger partial charge in [-0.2, -0.15) is 5.10 Å². The summed E-state index contributed by atoms with van der Waals surface area (Å²) in [5.41, 5.74) is 0. The average Bonchev–Trinajstić information content (AvgIpc) is 2.70. The van der Waals surface area contributed by atoms with Crippen LogP contribution in [0.2, 0.25) is 0 Å². The van der Waals surface area contributed by atoms with Crippen molar-refractivity contribution >= 4 is 0 Å². The Balaban J connectivity index is 2.11. The maximum atomic E-state index is 9.64. The van der Waals surface area contributed by atoms with Crippen molar-refractivity contribution in [3.63, 3.8) is 0 Å². The molecule has 2 atom stereocenters. The van der Waals surface area contributed by atoms with Gasteiger partial charge in [-0.1, -0.05) is 0 Å². The molecule has 15 heavy (non-hydrogen) atoms. The predicted molar refractivity (Wildman–Crippen MR) is 57.6 cm³/mol. The molecule has 2 N–H and O–H groups in total. The summed E-state index contributed by atoms with van der Waals surface area (Å²) in [5.74, 6) is 0. The summed E-state index contributed by atoms with van der Waals surface area (Å²) in [6.45, 7) is 3.79. The third-order valence-corrected chi connectivity index (χ3v) is 2.17. The SMILES string of the molecule is COC(C)CNCC(O)Cn1cccn1. The van der Waals surface area contributed by atoms with Gasteiger partial charge in [-0.3, -0.25) is 4.68 Å². The van der Waals surface area contributed by atoms with Crippen LogP contribution in [0.25, 0.3) is 0 Å². The summed E-state index contributed by atoms with van der Waals surface area (Å²) in [4.78, 5) is 0. The van der Waals surface area contributed by atoms with Crippen LogP contribution >= 0.6 is 0 Å². The molecule has 0 radical (unpaired) electrons. The van der Waals surface area contributed by atoms with E-state index in [0.717, 1.165) is 6.54 Å². The fraction of sp³-hybridized carbons (Fsp3) is 0.700. The molecule has 0 aliphatic rings. The molecule has 0 aliphatic carbocycles. The number of methoxy groups -OCH3 is 1. The third kappa shape index (κ3) is 4.92. The lowest BCUT2D eigenvalue weighted by Crippen LogP contribution is -2.34. The largest absolute Gasteiger partial charge is 0.390 e. The first-order valence-corrected chi connectivity index (χ1v) is 5.11. The van der Waals surface area contributed by atoms with Crippen LogP contribution in [0.3, 0.4) is 0 Å². The Bertz CT molecular complexity index is 251. The monoisotopic (exact) mass is 213 g/mol. The highest BCUT2D eigenvalue weighted by molar-refractivity contribution is 4.78. The zero-order chi connectivity index (χ0) is 11.1. The third-order valence-electron chi connectivity index (χ3n) is 2.17. The molecule has 5 nitrogen and oxygen atoms in total. The second-order valence-electron chi connectivity index (χ2n) is 3.59. The fourth-order valence-electron chi connectivity index (χ4n) is 1.23. The van der Waals surface area contributed by atoms with Gasteiger partial charge in [-0.25, -0.2) is 0 Å². The van der Waals surface area contributed by atoms with Crippen LogP contribution in [0.4, 0.5) is 0 Å². The molecule has 1 heterocycles. The first-order chi connectivity index (χ1) is 7.22. The van der Waals surface area contributed by atoms with Crippen molar-refractivity contribution in [1.82, 2.24) is 15.1 Å². The van der Waals surface area contributed by atoms with Crippen LogP contribution in [0.1, 0.15) is 6.92 Å². The first kappa shape index (κ1) is 12.2. The lowest BCUT2D eigenvalue weighted by molar-refractivity contribution is 0.105. The highest BCUT2D eigenvalue weighted by atomic mass is 16.5. The van der Waals surface area contributed by atoms with Crippen LogP contribution in [-0.4, -0.2) is 47.3 Å². The summed E-state index contributed by atoms with van der Waals surface area (Å²) in [6.07, 6.45) is 3.28. The van der Waals surface area contributed by atoms with Crippen molar-refractivity contribution in [2.45, 2.75) is 25.7 Å². The number of ether oxygens (including phenoxy) is 1. The zero-order valence-corrected chi connectivity index (χ0v) is 9.26. The highest BCUT2D eigenvalue weighted by Crippen LogP contribution is 1.90. The Labute approximate surface area is 90.1 Å². The minimum atomic E-state index is -0.422.